The number of aromatic nitrogens is 2. The Labute approximate surface area is 131 Å². The fraction of sp³-hybridized carbons (Fsp3) is 0.588. The topological polar surface area (TPSA) is 58.1 Å². The van der Waals surface area contributed by atoms with Crippen molar-refractivity contribution in [3.8, 4) is 0 Å². The van der Waals surface area contributed by atoms with Gasteiger partial charge in [0.15, 0.2) is 0 Å². The Balaban J connectivity index is 1.44. The summed E-state index contributed by atoms with van der Waals surface area (Å²) in [6.45, 7) is 3.61. The first-order chi connectivity index (χ1) is 10.7. The number of hydrogen-bond donors (Lipinski definition) is 1. The Hall–Kier alpha value is -1.91. The number of hydrogen-bond acceptors (Lipinski definition) is 4. The van der Waals surface area contributed by atoms with E-state index in [4.69, 9.17) is 0 Å². The summed E-state index contributed by atoms with van der Waals surface area (Å²) in [5.74, 6) is 1.60. The highest BCUT2D eigenvalue weighted by Crippen LogP contribution is 2.23. The maximum absolute atomic E-state index is 12.3. The van der Waals surface area contributed by atoms with Crippen molar-refractivity contribution in [2.24, 2.45) is 5.92 Å². The van der Waals surface area contributed by atoms with E-state index in [0.717, 1.165) is 50.3 Å². The normalized spacial score (nSPS) is 22.0. The lowest BCUT2D eigenvalue weighted by atomic mass is 10.0. The summed E-state index contributed by atoms with van der Waals surface area (Å²) in [6.07, 6.45) is 9.28. The molecule has 5 heteroatoms. The molecule has 0 radical (unpaired) electrons. The monoisotopic (exact) mass is 300 g/mol. The minimum absolute atomic E-state index is 0.310. The van der Waals surface area contributed by atoms with Gasteiger partial charge in [0.2, 0.25) is 5.91 Å². The van der Waals surface area contributed by atoms with E-state index in [9.17, 15) is 4.79 Å². The van der Waals surface area contributed by atoms with E-state index in [0.29, 0.717) is 24.3 Å². The number of carbonyl (C=O) groups excluding carboxylic acids is 1. The van der Waals surface area contributed by atoms with Gasteiger partial charge in [-0.1, -0.05) is 12.2 Å². The molecule has 118 valence electrons. The lowest BCUT2D eigenvalue weighted by Crippen LogP contribution is -2.42. The second-order valence-electron chi connectivity index (χ2n) is 6.33. The molecule has 1 fully saturated rings. The number of likely N-dealkylation sites (tertiary alicyclic amines) is 1. The molecule has 2 heterocycles. The molecule has 3 rings (SSSR count). The third-order valence-electron chi connectivity index (χ3n) is 4.55. The van der Waals surface area contributed by atoms with Gasteiger partial charge in [0.05, 0.1) is 5.69 Å². The van der Waals surface area contributed by atoms with E-state index in [1.807, 2.05) is 24.0 Å². The zero-order valence-corrected chi connectivity index (χ0v) is 13.2. The third-order valence-corrected chi connectivity index (χ3v) is 4.55. The van der Waals surface area contributed by atoms with Crippen LogP contribution in [0.3, 0.4) is 0 Å². The van der Waals surface area contributed by atoms with Crippen molar-refractivity contribution in [1.82, 2.24) is 15.1 Å². The molecule has 22 heavy (non-hydrogen) atoms. The van der Waals surface area contributed by atoms with E-state index >= 15 is 0 Å². The lowest BCUT2D eigenvalue weighted by molar-refractivity contribution is -0.132. The molecule has 1 unspecified atom stereocenters. The van der Waals surface area contributed by atoms with Gasteiger partial charge >= 0.3 is 0 Å². The first-order valence-corrected chi connectivity index (χ1v) is 8.22. The predicted molar refractivity (Wildman–Crippen MR) is 86.5 cm³/mol. The second kappa shape index (κ2) is 6.90. The standard InChI is InChI=1S/C17H24N4O/c1-13-6-7-16(20-19-13)18-15-8-10-21(11-9-15)17(22)12-14-4-2-3-5-14/h2,4,6-7,14-15H,3,5,8-12H2,1H3,(H,18,20). The van der Waals surface area contributed by atoms with E-state index in [2.05, 4.69) is 27.7 Å². The Morgan fingerprint density at radius 2 is 2.09 bits per heavy atom. The van der Waals surface area contributed by atoms with Gasteiger partial charge in [-0.3, -0.25) is 4.79 Å². The van der Waals surface area contributed by atoms with E-state index in [1.54, 1.807) is 0 Å². The summed E-state index contributed by atoms with van der Waals surface area (Å²) in [5, 5.41) is 11.6. The summed E-state index contributed by atoms with van der Waals surface area (Å²) in [5.41, 5.74) is 0.923. The van der Waals surface area contributed by atoms with E-state index in [1.165, 1.54) is 0 Å². The summed E-state index contributed by atoms with van der Waals surface area (Å²) in [7, 11) is 0. The number of rotatable bonds is 4. The summed E-state index contributed by atoms with van der Waals surface area (Å²) >= 11 is 0. The molecule has 1 amide bonds. The number of carbonyl (C=O) groups is 1. The zero-order valence-electron chi connectivity index (χ0n) is 13.2. The Morgan fingerprint density at radius 1 is 1.27 bits per heavy atom. The third kappa shape index (κ3) is 3.84. The Bertz CT molecular complexity index is 532. The summed E-state index contributed by atoms with van der Waals surface area (Å²) in [4.78, 5) is 14.3. The minimum Gasteiger partial charge on any atom is -0.366 e. The van der Waals surface area contributed by atoms with Gasteiger partial charge in [-0.05, 0) is 50.7 Å². The smallest absolute Gasteiger partial charge is 0.223 e. The van der Waals surface area contributed by atoms with Gasteiger partial charge in [0.25, 0.3) is 0 Å². The average Bonchev–Trinajstić information content (AvgIpc) is 3.03. The van der Waals surface area contributed by atoms with Crippen LogP contribution in [-0.2, 0) is 4.79 Å². The second-order valence-corrected chi connectivity index (χ2v) is 6.33. The van der Waals surface area contributed by atoms with Gasteiger partial charge in [0, 0.05) is 25.6 Å². The lowest BCUT2D eigenvalue weighted by Gasteiger charge is -2.33. The molecule has 1 aliphatic carbocycles. The quantitative estimate of drug-likeness (QED) is 0.868. The maximum atomic E-state index is 12.3. The highest BCUT2D eigenvalue weighted by molar-refractivity contribution is 5.76. The summed E-state index contributed by atoms with van der Waals surface area (Å²) in [6, 6.07) is 4.31. The maximum Gasteiger partial charge on any atom is 0.223 e. The molecule has 1 aromatic rings. The Morgan fingerprint density at radius 3 is 2.73 bits per heavy atom. The van der Waals surface area contributed by atoms with Crippen molar-refractivity contribution >= 4 is 11.7 Å². The predicted octanol–water partition coefficient (Wildman–Crippen LogP) is 2.54. The van der Waals surface area contributed by atoms with Crippen LogP contribution in [0.25, 0.3) is 0 Å². The van der Waals surface area contributed by atoms with Gasteiger partial charge in [0.1, 0.15) is 5.82 Å². The van der Waals surface area contributed by atoms with Crippen LogP contribution in [-0.4, -0.2) is 40.1 Å². The molecule has 5 nitrogen and oxygen atoms in total. The van der Waals surface area contributed by atoms with Crippen LogP contribution in [0.4, 0.5) is 5.82 Å². The SMILES string of the molecule is Cc1ccc(NC2CCN(C(=O)CC3C=CCC3)CC2)nn1. The highest BCUT2D eigenvalue weighted by Gasteiger charge is 2.24. The molecule has 1 atom stereocenters. The van der Waals surface area contributed by atoms with Crippen LogP contribution in [0, 0.1) is 12.8 Å². The largest absolute Gasteiger partial charge is 0.366 e. The van der Waals surface area contributed by atoms with Crippen LogP contribution in [0.15, 0.2) is 24.3 Å². The molecule has 0 bridgehead atoms. The molecular formula is C17H24N4O. The number of allylic oxidation sites excluding steroid dienone is 2. The number of aryl methyl sites for hydroxylation is 1. The number of nitrogens with one attached hydrogen (secondary N) is 1. The van der Waals surface area contributed by atoms with Gasteiger partial charge in [-0.2, -0.15) is 5.10 Å². The highest BCUT2D eigenvalue weighted by atomic mass is 16.2. The van der Waals surface area contributed by atoms with Crippen molar-refractivity contribution in [2.75, 3.05) is 18.4 Å². The van der Waals surface area contributed by atoms with Gasteiger partial charge in [-0.15, -0.1) is 5.10 Å². The number of anilines is 1. The Kier molecular flexibility index (Phi) is 4.71. The molecule has 0 spiro atoms. The molecule has 0 aromatic carbocycles. The molecule has 2 aliphatic rings. The molecule has 0 saturated carbocycles. The number of piperidine rings is 1. The van der Waals surface area contributed by atoms with Crippen LogP contribution >= 0.6 is 0 Å². The first kappa shape index (κ1) is 15.0. The molecular weight excluding hydrogens is 276 g/mol. The minimum atomic E-state index is 0.310. The first-order valence-electron chi connectivity index (χ1n) is 8.22. The molecule has 1 N–H and O–H groups in total. The van der Waals surface area contributed by atoms with Crippen LogP contribution < -0.4 is 5.32 Å². The fourth-order valence-electron chi connectivity index (χ4n) is 3.18. The zero-order chi connectivity index (χ0) is 15.4. The fourth-order valence-corrected chi connectivity index (χ4v) is 3.18. The average molecular weight is 300 g/mol. The van der Waals surface area contributed by atoms with Crippen LogP contribution in [0.2, 0.25) is 0 Å². The van der Waals surface area contributed by atoms with Crippen LogP contribution in [0.5, 0.6) is 0 Å². The van der Waals surface area contributed by atoms with Gasteiger partial charge in [-0.25, -0.2) is 0 Å². The van der Waals surface area contributed by atoms with Gasteiger partial charge < -0.3 is 10.2 Å². The van der Waals surface area contributed by atoms with Crippen molar-refractivity contribution in [2.45, 2.75) is 45.1 Å². The van der Waals surface area contributed by atoms with Crippen molar-refractivity contribution in [3.05, 3.63) is 30.0 Å². The number of nitrogens with zero attached hydrogens (tertiary/aromatic N) is 3. The summed E-state index contributed by atoms with van der Waals surface area (Å²) < 4.78 is 0. The van der Waals surface area contributed by atoms with E-state index in [-0.39, 0.29) is 0 Å². The van der Waals surface area contributed by atoms with Crippen molar-refractivity contribution in [3.63, 3.8) is 0 Å². The van der Waals surface area contributed by atoms with Crippen molar-refractivity contribution < 1.29 is 4.79 Å². The van der Waals surface area contributed by atoms with Crippen LogP contribution in [0.1, 0.15) is 37.8 Å². The van der Waals surface area contributed by atoms with E-state index < -0.39 is 0 Å². The molecule has 1 aliphatic heterocycles. The number of amides is 1. The molecule has 1 aromatic heterocycles. The molecule has 1 saturated heterocycles. The van der Waals surface area contributed by atoms with Crippen molar-refractivity contribution in [1.29, 1.82) is 0 Å².